The molecule has 0 fully saturated rings. The average Bonchev–Trinajstić information content (AvgIpc) is 3.55. The number of fused-ring (bicyclic) bond motifs is 2. The number of ether oxygens (including phenoxy) is 2. The topological polar surface area (TPSA) is 149 Å². The minimum absolute atomic E-state index is 0.0631. The third-order valence-corrected chi connectivity index (χ3v) is 8.14. The summed E-state index contributed by atoms with van der Waals surface area (Å²) in [4.78, 5) is 20.8. The van der Waals surface area contributed by atoms with E-state index in [1.165, 1.54) is 6.07 Å². The van der Waals surface area contributed by atoms with Crippen LogP contribution in [0.1, 0.15) is 29.1 Å². The van der Waals surface area contributed by atoms with Crippen LogP contribution in [0, 0.1) is 5.82 Å². The summed E-state index contributed by atoms with van der Waals surface area (Å²) in [6, 6.07) is 8.86. The molecule has 5 aromatic rings. The highest BCUT2D eigenvalue weighted by atomic mass is 28.3. The van der Waals surface area contributed by atoms with Crippen molar-refractivity contribution in [1.82, 2.24) is 29.5 Å². The number of carbonyl (C=O) groups is 1. The van der Waals surface area contributed by atoms with Crippen LogP contribution in [0.2, 0.25) is 25.7 Å². The Morgan fingerprint density at radius 3 is 2.62 bits per heavy atom. The summed E-state index contributed by atoms with van der Waals surface area (Å²) in [7, 11) is -1.22. The van der Waals surface area contributed by atoms with Gasteiger partial charge in [0.15, 0.2) is 17.2 Å². The Bertz CT molecular complexity index is 1700. The average molecular weight is 563 g/mol. The van der Waals surface area contributed by atoms with Crippen LogP contribution in [-0.4, -0.2) is 50.1 Å². The highest BCUT2D eigenvalue weighted by molar-refractivity contribution is 6.76. The normalized spacial score (nSPS) is 12.7. The second kappa shape index (κ2) is 10.7. The van der Waals surface area contributed by atoms with Gasteiger partial charge < -0.3 is 20.9 Å². The van der Waals surface area contributed by atoms with Gasteiger partial charge in [-0.05, 0) is 37.2 Å². The fraction of sp³-hybridized carbons (Fsp3) is 0.296. The highest BCUT2D eigenvalue weighted by Crippen LogP contribution is 2.33. The van der Waals surface area contributed by atoms with Crippen LogP contribution in [-0.2, 0) is 11.5 Å². The zero-order valence-corrected chi connectivity index (χ0v) is 23.8. The van der Waals surface area contributed by atoms with Crippen molar-refractivity contribution >= 4 is 41.7 Å². The summed E-state index contributed by atoms with van der Waals surface area (Å²) in [6.45, 7) is 9.67. The second-order valence-corrected chi connectivity index (χ2v) is 16.4. The smallest absolute Gasteiger partial charge is 0.251 e. The molecule has 1 atom stereocenters. The molecule has 208 valence electrons. The number of anilines is 1. The number of aromatic nitrogens is 6. The van der Waals surface area contributed by atoms with Crippen LogP contribution >= 0.6 is 0 Å². The van der Waals surface area contributed by atoms with Crippen molar-refractivity contribution in [1.29, 1.82) is 0 Å². The SMILES string of the molecule is CC(Oc1cc2cc(C(N)=O)c(F)cc2nc1N)c1nc2c(cnn2COCC[Si](C)(C)C)cc1-n1cccn1. The van der Waals surface area contributed by atoms with Gasteiger partial charge in [-0.1, -0.05) is 19.6 Å². The van der Waals surface area contributed by atoms with Crippen LogP contribution in [0.5, 0.6) is 5.75 Å². The van der Waals surface area contributed by atoms with Gasteiger partial charge in [0.25, 0.3) is 5.91 Å². The summed E-state index contributed by atoms with van der Waals surface area (Å²) < 4.78 is 29.8. The number of nitrogens with zero attached hydrogens (tertiary/aromatic N) is 6. The molecule has 0 saturated carbocycles. The quantitative estimate of drug-likeness (QED) is 0.187. The van der Waals surface area contributed by atoms with Gasteiger partial charge in [-0.2, -0.15) is 10.2 Å². The predicted molar refractivity (Wildman–Crippen MR) is 152 cm³/mol. The number of amides is 1. The van der Waals surface area contributed by atoms with E-state index in [2.05, 4.69) is 34.8 Å². The lowest BCUT2D eigenvalue weighted by Crippen LogP contribution is -2.22. The molecule has 0 aliphatic carbocycles. The van der Waals surface area contributed by atoms with Gasteiger partial charge in [-0.25, -0.2) is 23.7 Å². The molecule has 0 bridgehead atoms. The van der Waals surface area contributed by atoms with Crippen molar-refractivity contribution in [2.75, 3.05) is 12.3 Å². The molecule has 0 aliphatic heterocycles. The van der Waals surface area contributed by atoms with Gasteiger partial charge in [-0.3, -0.25) is 4.79 Å². The zero-order valence-electron chi connectivity index (χ0n) is 22.8. The molecule has 0 spiro atoms. The van der Waals surface area contributed by atoms with Crippen molar-refractivity contribution in [2.24, 2.45) is 5.73 Å². The summed E-state index contributed by atoms with van der Waals surface area (Å²) >= 11 is 0. The van der Waals surface area contributed by atoms with Gasteiger partial charge in [0.2, 0.25) is 0 Å². The number of hydrogen-bond acceptors (Lipinski definition) is 8. The van der Waals surface area contributed by atoms with E-state index >= 15 is 0 Å². The number of rotatable bonds is 10. The molecule has 13 heteroatoms. The first-order valence-corrected chi connectivity index (χ1v) is 16.5. The van der Waals surface area contributed by atoms with Crippen LogP contribution in [0.3, 0.4) is 0 Å². The molecular weight excluding hydrogens is 531 g/mol. The van der Waals surface area contributed by atoms with Gasteiger partial charge in [0.05, 0.1) is 23.0 Å². The lowest BCUT2D eigenvalue weighted by atomic mass is 10.1. The molecule has 0 aliphatic rings. The number of nitrogen functional groups attached to an aromatic ring is 1. The highest BCUT2D eigenvalue weighted by Gasteiger charge is 2.22. The van der Waals surface area contributed by atoms with Crippen LogP contribution in [0.4, 0.5) is 10.2 Å². The maximum absolute atomic E-state index is 14.3. The fourth-order valence-corrected chi connectivity index (χ4v) is 5.01. The van der Waals surface area contributed by atoms with Gasteiger partial charge in [-0.15, -0.1) is 0 Å². The number of pyridine rings is 2. The Kier molecular flexibility index (Phi) is 7.25. The first kappa shape index (κ1) is 27.2. The second-order valence-electron chi connectivity index (χ2n) is 10.8. The molecule has 1 aromatic carbocycles. The maximum atomic E-state index is 14.3. The number of halogens is 1. The van der Waals surface area contributed by atoms with E-state index in [1.54, 1.807) is 27.8 Å². The first-order chi connectivity index (χ1) is 19.0. The third-order valence-electron chi connectivity index (χ3n) is 6.43. The summed E-state index contributed by atoms with van der Waals surface area (Å²) in [5, 5.41) is 10.1. The van der Waals surface area contributed by atoms with E-state index in [4.69, 9.17) is 25.9 Å². The maximum Gasteiger partial charge on any atom is 0.251 e. The molecule has 0 saturated heterocycles. The van der Waals surface area contributed by atoms with E-state index < -0.39 is 25.9 Å². The molecule has 1 amide bonds. The standard InChI is InChI=1S/C27H31FN8O3Si/c1-16(39-23-12-17-10-19(26(30)37)20(28)13-21(17)33-25(23)29)24-22(35-7-5-6-31-35)11-18-14-32-36(27(18)34-24)15-38-8-9-40(2,3)4/h5-7,10-14,16H,8-9,15H2,1-4H3,(H2,29,33)(H2,30,37). The van der Waals surface area contributed by atoms with Crippen LogP contribution in [0.25, 0.3) is 27.6 Å². The Labute approximate surface area is 230 Å². The van der Waals surface area contributed by atoms with Crippen LogP contribution < -0.4 is 16.2 Å². The fourth-order valence-electron chi connectivity index (χ4n) is 4.25. The molecular formula is C27H31FN8O3Si. The first-order valence-electron chi connectivity index (χ1n) is 12.8. The van der Waals surface area contributed by atoms with E-state index in [-0.39, 0.29) is 29.4 Å². The van der Waals surface area contributed by atoms with Gasteiger partial charge >= 0.3 is 0 Å². The van der Waals surface area contributed by atoms with E-state index in [1.807, 2.05) is 25.3 Å². The van der Waals surface area contributed by atoms with Crippen molar-refractivity contribution in [2.45, 2.75) is 45.4 Å². The van der Waals surface area contributed by atoms with E-state index in [0.717, 1.165) is 17.5 Å². The minimum Gasteiger partial charge on any atom is -0.480 e. The van der Waals surface area contributed by atoms with Gasteiger partial charge in [0, 0.05) is 43.9 Å². The van der Waals surface area contributed by atoms with Gasteiger partial charge in [0.1, 0.15) is 24.3 Å². The number of carbonyl (C=O) groups excluding carboxylic acids is 1. The molecule has 1 unspecified atom stereocenters. The third kappa shape index (κ3) is 5.65. The molecule has 4 aromatic heterocycles. The van der Waals surface area contributed by atoms with Crippen molar-refractivity contribution in [3.63, 3.8) is 0 Å². The Morgan fingerprint density at radius 1 is 1.12 bits per heavy atom. The van der Waals surface area contributed by atoms with E-state index in [0.29, 0.717) is 29.0 Å². The zero-order chi connectivity index (χ0) is 28.6. The number of hydrogen-bond donors (Lipinski definition) is 2. The van der Waals surface area contributed by atoms with Crippen LogP contribution in [0.15, 0.2) is 48.9 Å². The van der Waals surface area contributed by atoms with E-state index in [9.17, 15) is 9.18 Å². The number of primary amides is 1. The Balaban J connectivity index is 1.50. The monoisotopic (exact) mass is 562 g/mol. The van der Waals surface area contributed by atoms with Crippen molar-refractivity contribution < 1.29 is 18.7 Å². The summed E-state index contributed by atoms with van der Waals surface area (Å²) in [5.41, 5.74) is 13.4. The number of benzene rings is 1. The number of nitrogens with two attached hydrogens (primary N) is 2. The molecule has 5 rings (SSSR count). The predicted octanol–water partition coefficient (Wildman–Crippen LogP) is 4.44. The lowest BCUT2D eigenvalue weighted by molar-refractivity contribution is 0.0812. The van der Waals surface area contributed by atoms with Crippen molar-refractivity contribution in [3.8, 4) is 11.4 Å². The summed E-state index contributed by atoms with van der Waals surface area (Å²) in [5.74, 6) is -1.34. The Hall–Kier alpha value is -4.36. The molecule has 0 radical (unpaired) electrons. The largest absolute Gasteiger partial charge is 0.480 e. The molecule has 40 heavy (non-hydrogen) atoms. The molecule has 4 N–H and O–H groups in total. The minimum atomic E-state index is -1.22. The molecule has 4 heterocycles. The molecule has 11 nitrogen and oxygen atoms in total. The lowest BCUT2D eigenvalue weighted by Gasteiger charge is -2.19. The summed E-state index contributed by atoms with van der Waals surface area (Å²) in [6.07, 6.45) is 4.62. The Morgan fingerprint density at radius 2 is 1.93 bits per heavy atom. The van der Waals surface area contributed by atoms with Crippen molar-refractivity contribution in [3.05, 3.63) is 66.0 Å².